The highest BCUT2D eigenvalue weighted by Crippen LogP contribution is 2.54. The van der Waals surface area contributed by atoms with Crippen molar-refractivity contribution < 1.29 is 9.53 Å². The molecule has 132 valence electrons. The molecule has 0 N–H and O–H groups in total. The number of methoxy groups -OCH3 is 1. The first-order chi connectivity index (χ1) is 12.2. The van der Waals surface area contributed by atoms with E-state index >= 15 is 0 Å². The van der Waals surface area contributed by atoms with Crippen molar-refractivity contribution in [2.24, 2.45) is 17.8 Å². The number of thiazole rings is 1. The van der Waals surface area contributed by atoms with Gasteiger partial charge in [-0.1, -0.05) is 0 Å². The molecule has 4 heterocycles. The molecule has 1 aliphatic carbocycles. The number of nitrogens with zero attached hydrogens (tertiary/aromatic N) is 5. The van der Waals surface area contributed by atoms with Crippen molar-refractivity contribution in [2.45, 2.75) is 25.8 Å². The van der Waals surface area contributed by atoms with Gasteiger partial charge in [-0.2, -0.15) is 9.97 Å². The summed E-state index contributed by atoms with van der Waals surface area (Å²) >= 11 is 1.57. The van der Waals surface area contributed by atoms with Gasteiger partial charge in [-0.25, -0.2) is 4.98 Å². The van der Waals surface area contributed by atoms with E-state index in [1.165, 1.54) is 13.5 Å². The van der Waals surface area contributed by atoms with Crippen molar-refractivity contribution in [3.8, 4) is 0 Å². The van der Waals surface area contributed by atoms with Gasteiger partial charge in [0.05, 0.1) is 12.6 Å². The largest absolute Gasteiger partial charge is 0.469 e. The van der Waals surface area contributed by atoms with Crippen molar-refractivity contribution in [1.82, 2.24) is 15.0 Å². The Hall–Kier alpha value is -1.96. The van der Waals surface area contributed by atoms with E-state index in [0.29, 0.717) is 30.2 Å². The first-order valence-corrected chi connectivity index (χ1v) is 9.73. The standard InChI is InChI=1S/C17H21N5O2S/c1-9-3-4-22(9)17-19-15(14-16(20-17)25-8-18-14)21-6-11-10(12(11)7-21)5-13(23)24-2/h8-12H,3-7H2,1-2H3/t9-,10?,11-,12+/m0/s1. The zero-order valence-electron chi connectivity index (χ0n) is 14.4. The predicted octanol–water partition coefficient (Wildman–Crippen LogP) is 1.93. The minimum atomic E-state index is -0.0936. The number of hydrogen-bond acceptors (Lipinski definition) is 8. The molecule has 4 atom stereocenters. The van der Waals surface area contributed by atoms with Gasteiger partial charge in [0.25, 0.3) is 0 Å². The highest BCUT2D eigenvalue weighted by atomic mass is 32.1. The van der Waals surface area contributed by atoms with Crippen LogP contribution in [0.4, 0.5) is 11.8 Å². The third kappa shape index (κ3) is 2.38. The van der Waals surface area contributed by atoms with Crippen molar-refractivity contribution in [2.75, 3.05) is 36.5 Å². The van der Waals surface area contributed by atoms with Crippen LogP contribution in [0.1, 0.15) is 19.8 Å². The van der Waals surface area contributed by atoms with E-state index in [2.05, 4.69) is 21.7 Å². The van der Waals surface area contributed by atoms with Crippen LogP contribution in [0.5, 0.6) is 0 Å². The molecule has 0 bridgehead atoms. The number of aromatic nitrogens is 3. The minimum Gasteiger partial charge on any atom is -0.469 e. The second kappa shape index (κ2) is 5.52. The van der Waals surface area contributed by atoms with Gasteiger partial charge < -0.3 is 14.5 Å². The van der Waals surface area contributed by atoms with Crippen LogP contribution in [0.3, 0.4) is 0 Å². The Kier molecular flexibility index (Phi) is 3.38. The third-order valence-corrected chi connectivity index (χ3v) is 6.76. The molecule has 2 aromatic heterocycles. The fourth-order valence-electron chi connectivity index (χ4n) is 4.30. The molecule has 25 heavy (non-hydrogen) atoms. The summed E-state index contributed by atoms with van der Waals surface area (Å²) in [5, 5.41) is 0. The number of esters is 1. The molecule has 0 aromatic carbocycles. The molecule has 2 aromatic rings. The first-order valence-electron chi connectivity index (χ1n) is 8.85. The minimum absolute atomic E-state index is 0.0936. The summed E-state index contributed by atoms with van der Waals surface area (Å²) in [7, 11) is 1.46. The fourth-order valence-corrected chi connectivity index (χ4v) is 4.95. The van der Waals surface area contributed by atoms with Gasteiger partial charge in [0.2, 0.25) is 5.95 Å². The number of piperidine rings is 1. The number of rotatable bonds is 4. The average Bonchev–Trinajstić information content (AvgIpc) is 3.02. The van der Waals surface area contributed by atoms with Crippen molar-refractivity contribution in [3.63, 3.8) is 0 Å². The summed E-state index contributed by atoms with van der Waals surface area (Å²) in [4.78, 5) is 31.2. The molecule has 3 aliphatic rings. The Morgan fingerprint density at radius 3 is 2.80 bits per heavy atom. The lowest BCUT2D eigenvalue weighted by atomic mass is 10.1. The van der Waals surface area contributed by atoms with Crippen LogP contribution in [0.2, 0.25) is 0 Å². The average molecular weight is 359 g/mol. The van der Waals surface area contributed by atoms with E-state index in [9.17, 15) is 4.79 Å². The van der Waals surface area contributed by atoms with Crippen LogP contribution in [0, 0.1) is 17.8 Å². The lowest BCUT2D eigenvalue weighted by Gasteiger charge is -2.39. The summed E-state index contributed by atoms with van der Waals surface area (Å²) in [5.74, 6) is 3.33. The summed E-state index contributed by atoms with van der Waals surface area (Å²) in [6.07, 6.45) is 1.74. The Morgan fingerprint density at radius 1 is 1.36 bits per heavy atom. The normalized spacial score (nSPS) is 30.3. The Morgan fingerprint density at radius 2 is 2.16 bits per heavy atom. The highest BCUT2D eigenvalue weighted by Gasteiger charge is 2.56. The molecule has 0 amide bonds. The van der Waals surface area contributed by atoms with E-state index < -0.39 is 0 Å². The van der Waals surface area contributed by atoms with E-state index in [1.807, 2.05) is 5.51 Å². The van der Waals surface area contributed by atoms with Gasteiger partial charge in [-0.15, -0.1) is 11.3 Å². The predicted molar refractivity (Wildman–Crippen MR) is 96.0 cm³/mol. The molecule has 0 radical (unpaired) electrons. The topological polar surface area (TPSA) is 71.5 Å². The van der Waals surface area contributed by atoms with Crippen LogP contribution in [0.25, 0.3) is 10.3 Å². The lowest BCUT2D eigenvalue weighted by Crippen LogP contribution is -2.46. The quantitative estimate of drug-likeness (QED) is 0.773. The molecule has 7 nitrogen and oxygen atoms in total. The van der Waals surface area contributed by atoms with Crippen LogP contribution in [-0.2, 0) is 9.53 Å². The summed E-state index contributed by atoms with van der Waals surface area (Å²) in [6, 6.07) is 0.509. The number of fused-ring (bicyclic) bond motifs is 2. The van der Waals surface area contributed by atoms with E-state index in [-0.39, 0.29) is 5.97 Å². The molecule has 5 rings (SSSR count). The van der Waals surface area contributed by atoms with Crippen molar-refractivity contribution >= 4 is 39.4 Å². The zero-order valence-corrected chi connectivity index (χ0v) is 15.2. The van der Waals surface area contributed by atoms with Crippen molar-refractivity contribution in [3.05, 3.63) is 5.51 Å². The smallest absolute Gasteiger partial charge is 0.305 e. The van der Waals surface area contributed by atoms with Gasteiger partial charge in [-0.05, 0) is 31.1 Å². The monoisotopic (exact) mass is 359 g/mol. The molecular weight excluding hydrogens is 338 g/mol. The maximum absolute atomic E-state index is 11.5. The van der Waals surface area contributed by atoms with Gasteiger partial charge in [-0.3, -0.25) is 4.79 Å². The Bertz CT molecular complexity index is 828. The summed E-state index contributed by atoms with van der Waals surface area (Å²) in [5.41, 5.74) is 2.76. The molecule has 1 unspecified atom stereocenters. The number of hydrogen-bond donors (Lipinski definition) is 0. The Labute approximate surface area is 150 Å². The van der Waals surface area contributed by atoms with Crippen LogP contribution in [0.15, 0.2) is 5.51 Å². The first kappa shape index (κ1) is 15.3. The third-order valence-electron chi connectivity index (χ3n) is 6.05. The van der Waals surface area contributed by atoms with Gasteiger partial charge in [0.15, 0.2) is 10.6 Å². The molecule has 1 saturated carbocycles. The zero-order chi connectivity index (χ0) is 17.1. The van der Waals surface area contributed by atoms with E-state index in [4.69, 9.17) is 14.7 Å². The molecule has 0 spiro atoms. The maximum atomic E-state index is 11.5. The fraction of sp³-hybridized carbons (Fsp3) is 0.647. The summed E-state index contributed by atoms with van der Waals surface area (Å²) < 4.78 is 4.81. The second-order valence-corrected chi connectivity index (χ2v) is 8.19. The van der Waals surface area contributed by atoms with Crippen LogP contribution in [-0.4, -0.2) is 53.7 Å². The van der Waals surface area contributed by atoms with Crippen molar-refractivity contribution in [1.29, 1.82) is 0 Å². The highest BCUT2D eigenvalue weighted by molar-refractivity contribution is 7.16. The van der Waals surface area contributed by atoms with E-state index in [0.717, 1.165) is 41.7 Å². The molecule has 2 aliphatic heterocycles. The number of ether oxygens (including phenoxy) is 1. The second-order valence-electron chi connectivity index (χ2n) is 7.36. The SMILES string of the molecule is COC(=O)CC1[C@H]2CN(c3nc(N4CC[C@@H]4C)nc4scnc34)C[C@@H]12. The lowest BCUT2D eigenvalue weighted by molar-refractivity contribution is -0.141. The maximum Gasteiger partial charge on any atom is 0.305 e. The molecular formula is C17H21N5O2S. The van der Waals surface area contributed by atoms with Gasteiger partial charge >= 0.3 is 5.97 Å². The van der Waals surface area contributed by atoms with Crippen LogP contribution >= 0.6 is 11.3 Å². The molecule has 2 saturated heterocycles. The molecule has 8 heteroatoms. The van der Waals surface area contributed by atoms with Gasteiger partial charge in [0, 0.05) is 32.1 Å². The number of anilines is 2. The summed E-state index contributed by atoms with van der Waals surface area (Å²) in [6.45, 7) is 5.14. The number of carbonyl (C=O) groups is 1. The molecule has 3 fully saturated rings. The Balaban J connectivity index is 1.39. The van der Waals surface area contributed by atoms with E-state index in [1.54, 1.807) is 11.3 Å². The van der Waals surface area contributed by atoms with Gasteiger partial charge in [0.1, 0.15) is 5.52 Å². The van der Waals surface area contributed by atoms with Crippen LogP contribution < -0.4 is 9.80 Å². The number of carbonyl (C=O) groups excluding carboxylic acids is 1.